The van der Waals surface area contributed by atoms with Crippen molar-refractivity contribution in [1.82, 2.24) is 9.97 Å². The fourth-order valence-corrected chi connectivity index (χ4v) is 3.91. The highest BCUT2D eigenvalue weighted by Crippen LogP contribution is 2.34. The van der Waals surface area contributed by atoms with E-state index in [4.69, 9.17) is 32.4 Å². The molecule has 0 spiro atoms. The van der Waals surface area contributed by atoms with Crippen LogP contribution in [0.2, 0.25) is 10.0 Å². The summed E-state index contributed by atoms with van der Waals surface area (Å²) in [6.07, 6.45) is 0. The standard InChI is InChI=1S/C23H16Cl2N4O3/c1-31-21-8-12(6-7-19(21)30)20-11-18(14-9-13(24)10-15(25)22(14)32-20)28-29-23-26-16-4-2-3-5-17(16)27-23/h2-11,30H,1H3,(H2,26,27,29)/b28-18+. The van der Waals surface area contributed by atoms with Crippen LogP contribution >= 0.6 is 23.2 Å². The summed E-state index contributed by atoms with van der Waals surface area (Å²) in [6.45, 7) is 0. The molecule has 0 unspecified atom stereocenters. The van der Waals surface area contributed by atoms with E-state index in [1.165, 1.54) is 13.2 Å². The van der Waals surface area contributed by atoms with Crippen LogP contribution in [0.4, 0.5) is 5.95 Å². The number of aromatic amines is 1. The van der Waals surface area contributed by atoms with E-state index < -0.39 is 0 Å². The number of ether oxygens (including phenoxy) is 1. The van der Waals surface area contributed by atoms with Crippen molar-refractivity contribution in [2.75, 3.05) is 12.5 Å². The minimum Gasteiger partial charge on any atom is -0.504 e. The molecule has 0 aliphatic carbocycles. The Labute approximate surface area is 191 Å². The SMILES string of the molecule is COc1cc(-c2c/c(=N\Nc3nc4ccccc4[nH]3)c3cc(Cl)cc(Cl)c3o2)ccc1O. The molecule has 0 atom stereocenters. The number of H-pyrrole nitrogens is 1. The smallest absolute Gasteiger partial charge is 0.222 e. The zero-order valence-corrected chi connectivity index (χ0v) is 18.2. The number of benzene rings is 3. The highest BCUT2D eigenvalue weighted by molar-refractivity contribution is 6.38. The minimum absolute atomic E-state index is 0.0262. The third-order valence-electron chi connectivity index (χ3n) is 4.90. The molecular formula is C23H16Cl2N4O3. The molecule has 0 saturated heterocycles. The van der Waals surface area contributed by atoms with Crippen LogP contribution in [0.1, 0.15) is 0 Å². The second kappa shape index (κ2) is 8.11. The van der Waals surface area contributed by atoms with Gasteiger partial charge < -0.3 is 19.2 Å². The normalized spacial score (nSPS) is 11.9. The average molecular weight is 467 g/mol. The Morgan fingerprint density at radius 1 is 1.09 bits per heavy atom. The lowest BCUT2D eigenvalue weighted by Gasteiger charge is -2.09. The summed E-state index contributed by atoms with van der Waals surface area (Å²) in [5, 5.41) is 16.4. The van der Waals surface area contributed by atoms with Gasteiger partial charge in [-0.1, -0.05) is 35.3 Å². The first-order chi connectivity index (χ1) is 15.5. The molecule has 9 heteroatoms. The molecule has 0 saturated carbocycles. The quantitative estimate of drug-likeness (QED) is 0.285. The van der Waals surface area contributed by atoms with Gasteiger partial charge in [-0.2, -0.15) is 5.10 Å². The van der Waals surface area contributed by atoms with Crippen molar-refractivity contribution >= 4 is 51.2 Å². The molecule has 3 N–H and O–H groups in total. The maximum atomic E-state index is 9.92. The van der Waals surface area contributed by atoms with Crippen LogP contribution < -0.4 is 15.5 Å². The number of aromatic hydroxyl groups is 1. The Morgan fingerprint density at radius 2 is 1.94 bits per heavy atom. The second-order valence-electron chi connectivity index (χ2n) is 6.97. The van der Waals surface area contributed by atoms with Crippen LogP contribution in [0.15, 0.2) is 70.2 Å². The number of nitrogens with one attached hydrogen (secondary N) is 2. The summed E-state index contributed by atoms with van der Waals surface area (Å²) in [4.78, 5) is 7.64. The van der Waals surface area contributed by atoms with Gasteiger partial charge in [0.25, 0.3) is 0 Å². The molecule has 0 aliphatic heterocycles. The van der Waals surface area contributed by atoms with Gasteiger partial charge >= 0.3 is 0 Å². The van der Waals surface area contributed by atoms with E-state index in [2.05, 4.69) is 20.5 Å². The van der Waals surface area contributed by atoms with Crippen LogP contribution in [0.3, 0.4) is 0 Å². The molecule has 160 valence electrons. The van der Waals surface area contributed by atoms with Gasteiger partial charge in [-0.25, -0.2) is 10.4 Å². The topological polar surface area (TPSA) is 95.7 Å². The number of hydrogen-bond donors (Lipinski definition) is 3. The van der Waals surface area contributed by atoms with E-state index in [0.717, 1.165) is 11.0 Å². The first-order valence-electron chi connectivity index (χ1n) is 9.56. The molecular weight excluding hydrogens is 451 g/mol. The Bertz CT molecular complexity index is 1510. The van der Waals surface area contributed by atoms with Gasteiger partial charge in [0.1, 0.15) is 5.76 Å². The Hall–Kier alpha value is -3.68. The molecule has 0 bridgehead atoms. The van der Waals surface area contributed by atoms with Crippen LogP contribution in [0.25, 0.3) is 33.3 Å². The first-order valence-corrected chi connectivity index (χ1v) is 10.3. The summed E-state index contributed by atoms with van der Waals surface area (Å²) in [6, 6.07) is 17.7. The second-order valence-corrected chi connectivity index (χ2v) is 7.82. The molecule has 2 heterocycles. The molecule has 2 aromatic heterocycles. The third-order valence-corrected chi connectivity index (χ3v) is 5.40. The van der Waals surface area contributed by atoms with Crippen LogP contribution in [-0.2, 0) is 0 Å². The summed E-state index contributed by atoms with van der Waals surface area (Å²) in [5.74, 6) is 1.31. The lowest BCUT2D eigenvalue weighted by Crippen LogP contribution is -2.08. The fourth-order valence-electron chi connectivity index (χ4n) is 3.38. The van der Waals surface area contributed by atoms with Gasteiger partial charge in [-0.15, -0.1) is 0 Å². The van der Waals surface area contributed by atoms with Crippen molar-refractivity contribution in [1.29, 1.82) is 0 Å². The molecule has 0 amide bonds. The largest absolute Gasteiger partial charge is 0.504 e. The third kappa shape index (κ3) is 3.72. The lowest BCUT2D eigenvalue weighted by atomic mass is 10.1. The van der Waals surface area contributed by atoms with E-state index in [9.17, 15) is 5.11 Å². The van der Waals surface area contributed by atoms with E-state index >= 15 is 0 Å². The average Bonchev–Trinajstić information content (AvgIpc) is 3.21. The Morgan fingerprint density at radius 3 is 2.75 bits per heavy atom. The predicted octanol–water partition coefficient (Wildman–Crippen LogP) is 5.92. The van der Waals surface area contributed by atoms with Crippen molar-refractivity contribution in [2.24, 2.45) is 5.10 Å². The van der Waals surface area contributed by atoms with Gasteiger partial charge in [0.05, 0.1) is 28.5 Å². The summed E-state index contributed by atoms with van der Waals surface area (Å²) in [5.41, 5.74) is 5.76. The van der Waals surface area contributed by atoms with Gasteiger partial charge in [0.15, 0.2) is 17.1 Å². The maximum absolute atomic E-state index is 9.92. The molecule has 0 radical (unpaired) electrons. The van der Waals surface area contributed by atoms with Crippen molar-refractivity contribution in [3.63, 3.8) is 0 Å². The van der Waals surface area contributed by atoms with Gasteiger partial charge in [-0.3, -0.25) is 0 Å². The monoisotopic (exact) mass is 466 g/mol. The minimum atomic E-state index is 0.0262. The number of phenolic OH excluding ortho intramolecular Hbond substituents is 1. The van der Waals surface area contributed by atoms with Gasteiger partial charge in [0, 0.05) is 22.0 Å². The van der Waals surface area contributed by atoms with Crippen molar-refractivity contribution < 1.29 is 14.3 Å². The number of phenols is 1. The number of aromatic nitrogens is 2. The number of anilines is 1. The summed E-state index contributed by atoms with van der Waals surface area (Å²) < 4.78 is 11.3. The van der Waals surface area contributed by atoms with Gasteiger partial charge in [-0.05, 0) is 42.5 Å². The Kier molecular flexibility index (Phi) is 5.13. The number of para-hydroxylation sites is 2. The van der Waals surface area contributed by atoms with Crippen molar-refractivity contribution in [2.45, 2.75) is 0 Å². The molecule has 32 heavy (non-hydrogen) atoms. The zero-order valence-electron chi connectivity index (χ0n) is 16.7. The molecule has 3 aromatic carbocycles. The highest BCUT2D eigenvalue weighted by Gasteiger charge is 2.13. The molecule has 0 aliphatic rings. The van der Waals surface area contributed by atoms with E-state index in [0.29, 0.717) is 49.4 Å². The number of fused-ring (bicyclic) bond motifs is 2. The molecule has 7 nitrogen and oxygen atoms in total. The number of hydrogen-bond acceptors (Lipinski definition) is 6. The first kappa shape index (κ1) is 20.2. The lowest BCUT2D eigenvalue weighted by molar-refractivity contribution is 0.373. The van der Waals surface area contributed by atoms with E-state index in [1.807, 2.05) is 24.3 Å². The van der Waals surface area contributed by atoms with Gasteiger partial charge in [0.2, 0.25) is 5.95 Å². The van der Waals surface area contributed by atoms with E-state index in [-0.39, 0.29) is 5.75 Å². The van der Waals surface area contributed by atoms with Crippen LogP contribution in [0, 0.1) is 0 Å². The van der Waals surface area contributed by atoms with Crippen LogP contribution in [0.5, 0.6) is 11.5 Å². The molecule has 5 aromatic rings. The fraction of sp³-hybridized carbons (Fsp3) is 0.0435. The number of halogens is 2. The Balaban J connectivity index is 1.68. The maximum Gasteiger partial charge on any atom is 0.222 e. The van der Waals surface area contributed by atoms with Crippen LogP contribution in [-0.4, -0.2) is 22.2 Å². The zero-order chi connectivity index (χ0) is 22.2. The molecule has 0 fully saturated rings. The summed E-state index contributed by atoms with van der Waals surface area (Å²) in [7, 11) is 1.48. The van der Waals surface area contributed by atoms with Crippen molar-refractivity contribution in [3.05, 3.63) is 76.1 Å². The highest BCUT2D eigenvalue weighted by atomic mass is 35.5. The van der Waals surface area contributed by atoms with Crippen molar-refractivity contribution in [3.8, 4) is 22.8 Å². The number of imidazole rings is 1. The predicted molar refractivity (Wildman–Crippen MR) is 125 cm³/mol. The van der Waals surface area contributed by atoms with E-state index in [1.54, 1.807) is 30.3 Å². The molecule has 5 rings (SSSR count). The number of nitrogens with zero attached hydrogens (tertiary/aromatic N) is 2. The number of methoxy groups -OCH3 is 1. The number of rotatable bonds is 4. The summed E-state index contributed by atoms with van der Waals surface area (Å²) >= 11 is 12.7.